The SMILES string of the molecule is O=C(NCc1ccc([N+](=O)[O-])cc1)c1ccc2c(c1)C(=O)N(Cc1ccco1)C2=O. The quantitative estimate of drug-likeness (QED) is 0.382. The minimum absolute atomic E-state index is 0.0149. The van der Waals surface area contributed by atoms with Gasteiger partial charge in [-0.15, -0.1) is 0 Å². The molecule has 2 heterocycles. The van der Waals surface area contributed by atoms with E-state index in [1.807, 2.05) is 0 Å². The fourth-order valence-electron chi connectivity index (χ4n) is 3.15. The molecule has 0 aliphatic carbocycles. The van der Waals surface area contributed by atoms with Crippen molar-refractivity contribution in [2.45, 2.75) is 13.1 Å². The molecule has 0 radical (unpaired) electrons. The molecule has 30 heavy (non-hydrogen) atoms. The third-order valence-electron chi connectivity index (χ3n) is 4.73. The minimum Gasteiger partial charge on any atom is -0.467 e. The summed E-state index contributed by atoms with van der Waals surface area (Å²) in [5, 5.41) is 13.4. The van der Waals surface area contributed by atoms with E-state index in [4.69, 9.17) is 4.42 Å². The maximum absolute atomic E-state index is 12.7. The molecule has 0 saturated heterocycles. The number of hydrogen-bond acceptors (Lipinski definition) is 6. The second kappa shape index (κ2) is 7.63. The van der Waals surface area contributed by atoms with Crippen molar-refractivity contribution >= 4 is 23.4 Å². The van der Waals surface area contributed by atoms with Gasteiger partial charge in [0, 0.05) is 24.2 Å². The van der Waals surface area contributed by atoms with Crippen LogP contribution in [0.1, 0.15) is 42.4 Å². The number of rotatable bonds is 6. The van der Waals surface area contributed by atoms with Crippen molar-refractivity contribution in [3.63, 3.8) is 0 Å². The molecule has 1 aliphatic rings. The highest BCUT2D eigenvalue weighted by Crippen LogP contribution is 2.26. The first-order chi connectivity index (χ1) is 14.4. The Balaban J connectivity index is 1.46. The van der Waals surface area contributed by atoms with Gasteiger partial charge in [-0.2, -0.15) is 0 Å². The minimum atomic E-state index is -0.500. The maximum atomic E-state index is 12.7. The number of non-ortho nitro benzene ring substituents is 1. The lowest BCUT2D eigenvalue weighted by Gasteiger charge is -2.11. The summed E-state index contributed by atoms with van der Waals surface area (Å²) < 4.78 is 5.20. The van der Waals surface area contributed by atoms with Gasteiger partial charge in [0.1, 0.15) is 5.76 Å². The second-order valence-electron chi connectivity index (χ2n) is 6.64. The number of carbonyl (C=O) groups excluding carboxylic acids is 3. The molecule has 0 spiro atoms. The van der Waals surface area contributed by atoms with E-state index >= 15 is 0 Å². The van der Waals surface area contributed by atoms with Gasteiger partial charge in [0.05, 0.1) is 28.9 Å². The van der Waals surface area contributed by atoms with Crippen LogP contribution < -0.4 is 5.32 Å². The molecule has 0 saturated carbocycles. The van der Waals surface area contributed by atoms with Gasteiger partial charge in [0.25, 0.3) is 23.4 Å². The van der Waals surface area contributed by atoms with Crippen LogP contribution in [0.25, 0.3) is 0 Å². The number of imide groups is 1. The summed E-state index contributed by atoms with van der Waals surface area (Å²) in [7, 11) is 0. The van der Waals surface area contributed by atoms with Crippen LogP contribution in [-0.4, -0.2) is 27.5 Å². The molecule has 3 aromatic rings. The molecule has 1 aromatic heterocycles. The number of nitro groups is 1. The first kappa shape index (κ1) is 19.1. The lowest BCUT2D eigenvalue weighted by Crippen LogP contribution is -2.28. The van der Waals surface area contributed by atoms with E-state index in [-0.39, 0.29) is 35.5 Å². The van der Waals surface area contributed by atoms with Gasteiger partial charge in [0.2, 0.25) is 0 Å². The Labute approximate surface area is 170 Å². The molecule has 2 aromatic carbocycles. The summed E-state index contributed by atoms with van der Waals surface area (Å²) in [6.07, 6.45) is 1.46. The summed E-state index contributed by atoms with van der Waals surface area (Å²) in [6.45, 7) is 0.173. The van der Waals surface area contributed by atoms with Crippen LogP contribution in [0.15, 0.2) is 65.3 Å². The topological polar surface area (TPSA) is 123 Å². The van der Waals surface area contributed by atoms with Crippen LogP contribution in [0.4, 0.5) is 5.69 Å². The Morgan fingerprint density at radius 1 is 1.03 bits per heavy atom. The molecule has 0 bridgehead atoms. The molecule has 150 valence electrons. The summed E-state index contributed by atoms with van der Waals surface area (Å²) in [6, 6.07) is 13.5. The van der Waals surface area contributed by atoms with Gasteiger partial charge in [-0.05, 0) is 35.9 Å². The molecule has 3 amide bonds. The van der Waals surface area contributed by atoms with Crippen molar-refractivity contribution in [3.8, 4) is 0 Å². The van der Waals surface area contributed by atoms with E-state index in [1.54, 1.807) is 24.3 Å². The molecule has 9 heteroatoms. The van der Waals surface area contributed by atoms with E-state index in [0.29, 0.717) is 11.3 Å². The Bertz CT molecular complexity index is 1150. The molecule has 0 atom stereocenters. The Morgan fingerprint density at radius 2 is 1.77 bits per heavy atom. The summed E-state index contributed by atoms with van der Waals surface area (Å²) in [5.74, 6) is -0.882. The Kier molecular flexibility index (Phi) is 4.85. The average molecular weight is 405 g/mol. The Morgan fingerprint density at radius 3 is 2.43 bits per heavy atom. The maximum Gasteiger partial charge on any atom is 0.269 e. The van der Waals surface area contributed by atoms with Crippen molar-refractivity contribution in [2.75, 3.05) is 0 Å². The van der Waals surface area contributed by atoms with Gasteiger partial charge in [-0.3, -0.25) is 29.4 Å². The highest BCUT2D eigenvalue weighted by atomic mass is 16.6. The van der Waals surface area contributed by atoms with E-state index in [2.05, 4.69) is 5.32 Å². The van der Waals surface area contributed by atoms with Crippen LogP contribution in [0.5, 0.6) is 0 Å². The predicted molar refractivity (Wildman–Crippen MR) is 104 cm³/mol. The second-order valence-corrected chi connectivity index (χ2v) is 6.64. The van der Waals surface area contributed by atoms with Gasteiger partial charge >= 0.3 is 0 Å². The Hall–Kier alpha value is -4.27. The molecule has 1 aliphatic heterocycles. The molecule has 4 rings (SSSR count). The van der Waals surface area contributed by atoms with Crippen molar-refractivity contribution < 1.29 is 23.7 Å². The van der Waals surface area contributed by atoms with E-state index in [9.17, 15) is 24.5 Å². The highest BCUT2D eigenvalue weighted by Gasteiger charge is 2.36. The fraction of sp³-hybridized carbons (Fsp3) is 0.0952. The monoisotopic (exact) mass is 405 g/mol. The predicted octanol–water partition coefficient (Wildman–Crippen LogP) is 2.91. The molecule has 1 N–H and O–H groups in total. The number of nitrogens with one attached hydrogen (secondary N) is 1. The van der Waals surface area contributed by atoms with Crippen LogP contribution in [0.3, 0.4) is 0 Å². The van der Waals surface area contributed by atoms with Gasteiger partial charge < -0.3 is 9.73 Å². The third kappa shape index (κ3) is 3.55. The van der Waals surface area contributed by atoms with Crippen molar-refractivity contribution in [2.24, 2.45) is 0 Å². The standard InChI is InChI=1S/C21H15N3O6/c25-19(22-11-13-3-6-15(7-4-13)24(28)29)14-5-8-17-18(10-14)21(27)23(20(17)26)12-16-2-1-9-30-16/h1-10H,11-12H2,(H,22,25). The number of benzene rings is 2. The van der Waals surface area contributed by atoms with E-state index < -0.39 is 22.6 Å². The largest absolute Gasteiger partial charge is 0.467 e. The normalized spacial score (nSPS) is 12.7. The number of nitrogens with zero attached hydrogens (tertiary/aromatic N) is 2. The number of carbonyl (C=O) groups is 3. The molecule has 0 unspecified atom stereocenters. The van der Waals surface area contributed by atoms with Crippen LogP contribution in [0.2, 0.25) is 0 Å². The lowest BCUT2D eigenvalue weighted by atomic mass is 10.1. The van der Waals surface area contributed by atoms with Crippen LogP contribution >= 0.6 is 0 Å². The fourth-order valence-corrected chi connectivity index (χ4v) is 3.15. The zero-order chi connectivity index (χ0) is 21.3. The average Bonchev–Trinajstić information content (AvgIpc) is 3.35. The van der Waals surface area contributed by atoms with Gasteiger partial charge in [0.15, 0.2) is 0 Å². The molecule has 0 fully saturated rings. The number of fused-ring (bicyclic) bond motifs is 1. The first-order valence-electron chi connectivity index (χ1n) is 8.98. The summed E-state index contributed by atoms with van der Waals surface area (Å²) >= 11 is 0. The first-order valence-corrected chi connectivity index (χ1v) is 8.98. The number of furan rings is 1. The third-order valence-corrected chi connectivity index (χ3v) is 4.73. The molecular weight excluding hydrogens is 390 g/mol. The molecular formula is C21H15N3O6. The number of nitro benzene ring substituents is 1. The summed E-state index contributed by atoms with van der Waals surface area (Å²) in [5.41, 5.74) is 1.28. The van der Waals surface area contributed by atoms with E-state index in [0.717, 1.165) is 4.90 Å². The van der Waals surface area contributed by atoms with Crippen molar-refractivity contribution in [3.05, 3.63) is 99.0 Å². The van der Waals surface area contributed by atoms with Crippen LogP contribution in [0, 0.1) is 10.1 Å². The van der Waals surface area contributed by atoms with Crippen LogP contribution in [-0.2, 0) is 13.1 Å². The van der Waals surface area contributed by atoms with Gasteiger partial charge in [-0.1, -0.05) is 12.1 Å². The summed E-state index contributed by atoms with van der Waals surface area (Å²) in [4.78, 5) is 48.9. The van der Waals surface area contributed by atoms with Gasteiger partial charge in [-0.25, -0.2) is 0 Å². The highest BCUT2D eigenvalue weighted by molar-refractivity contribution is 6.22. The van der Waals surface area contributed by atoms with E-state index in [1.165, 1.54) is 36.6 Å². The number of hydrogen-bond donors (Lipinski definition) is 1. The smallest absolute Gasteiger partial charge is 0.269 e. The van der Waals surface area contributed by atoms with Crippen molar-refractivity contribution in [1.82, 2.24) is 10.2 Å². The zero-order valence-electron chi connectivity index (χ0n) is 15.5. The number of amides is 3. The lowest BCUT2D eigenvalue weighted by molar-refractivity contribution is -0.384. The van der Waals surface area contributed by atoms with Crippen molar-refractivity contribution in [1.29, 1.82) is 0 Å². The zero-order valence-corrected chi connectivity index (χ0v) is 15.5. The molecule has 9 nitrogen and oxygen atoms in total.